The van der Waals surface area contributed by atoms with Crippen LogP contribution >= 0.6 is 0 Å². The third-order valence-electron chi connectivity index (χ3n) is 5.95. The number of rotatable bonds is 9. The molecule has 0 saturated carbocycles. The monoisotopic (exact) mass is 493 g/mol. The van der Waals surface area contributed by atoms with Gasteiger partial charge in [0.2, 0.25) is 11.8 Å². The summed E-state index contributed by atoms with van der Waals surface area (Å²) in [6.07, 6.45) is 0. The maximum Gasteiger partial charge on any atom is 0.264 e. The molecule has 0 aliphatic heterocycles. The Balaban J connectivity index is 2.01. The van der Waals surface area contributed by atoms with E-state index in [9.17, 15) is 18.0 Å². The molecule has 0 aromatic heterocycles. The number of nitrogens with one attached hydrogen (secondary N) is 1. The number of amides is 2. The van der Waals surface area contributed by atoms with Crippen LogP contribution in [0.3, 0.4) is 0 Å². The normalized spacial score (nSPS) is 12.0. The van der Waals surface area contributed by atoms with Gasteiger partial charge in [0.25, 0.3) is 10.0 Å². The predicted octanol–water partition coefficient (Wildman–Crippen LogP) is 3.66. The first-order chi connectivity index (χ1) is 16.6. The Morgan fingerprint density at radius 3 is 2.09 bits per heavy atom. The zero-order chi connectivity index (χ0) is 25.6. The molecule has 3 aromatic rings. The van der Waals surface area contributed by atoms with E-state index < -0.39 is 28.5 Å². The summed E-state index contributed by atoms with van der Waals surface area (Å²) in [5.74, 6) is -0.816. The number of aryl methyl sites for hydroxylation is 2. The average molecular weight is 494 g/mol. The summed E-state index contributed by atoms with van der Waals surface area (Å²) in [5.41, 5.74) is 3.14. The fourth-order valence-electron chi connectivity index (χ4n) is 3.72. The van der Waals surface area contributed by atoms with Gasteiger partial charge in [0.15, 0.2) is 0 Å². The van der Waals surface area contributed by atoms with Gasteiger partial charge in [0, 0.05) is 13.6 Å². The van der Waals surface area contributed by atoms with Gasteiger partial charge in [0.05, 0.1) is 10.6 Å². The molecule has 35 heavy (non-hydrogen) atoms. The van der Waals surface area contributed by atoms with E-state index in [1.807, 2.05) is 38.1 Å². The number of carbonyl (C=O) groups excluding carboxylic acids is 2. The van der Waals surface area contributed by atoms with E-state index in [0.717, 1.165) is 21.0 Å². The summed E-state index contributed by atoms with van der Waals surface area (Å²) in [7, 11) is -2.54. The third kappa shape index (κ3) is 6.08. The Bertz CT molecular complexity index is 1280. The standard InChI is InChI=1S/C27H31N3O4S/c1-20-14-16-25(17-15-20)35(33,34)30(24-12-6-5-7-13-24)19-26(31)29(22(3)27(32)28-4)18-23-11-9-8-10-21(23)2/h5-17,22H,18-19H2,1-4H3,(H,28,32). The molecule has 2 amide bonds. The minimum Gasteiger partial charge on any atom is -0.357 e. The second-order valence-electron chi connectivity index (χ2n) is 8.40. The van der Waals surface area contributed by atoms with Crippen molar-refractivity contribution in [2.24, 2.45) is 0 Å². The van der Waals surface area contributed by atoms with Gasteiger partial charge in [-0.15, -0.1) is 0 Å². The smallest absolute Gasteiger partial charge is 0.264 e. The lowest BCUT2D eigenvalue weighted by Gasteiger charge is -2.32. The third-order valence-corrected chi connectivity index (χ3v) is 7.74. The van der Waals surface area contributed by atoms with Crippen LogP contribution in [0.15, 0.2) is 83.8 Å². The molecule has 0 bridgehead atoms. The van der Waals surface area contributed by atoms with Crippen molar-refractivity contribution in [2.45, 2.75) is 38.3 Å². The summed E-state index contributed by atoms with van der Waals surface area (Å²) in [6.45, 7) is 5.16. The van der Waals surface area contributed by atoms with Gasteiger partial charge < -0.3 is 10.2 Å². The highest BCUT2D eigenvalue weighted by molar-refractivity contribution is 7.92. The van der Waals surface area contributed by atoms with E-state index in [4.69, 9.17) is 0 Å². The van der Waals surface area contributed by atoms with Crippen molar-refractivity contribution in [3.63, 3.8) is 0 Å². The summed E-state index contributed by atoms with van der Waals surface area (Å²) >= 11 is 0. The highest BCUT2D eigenvalue weighted by atomic mass is 32.2. The molecule has 0 aliphatic carbocycles. The van der Waals surface area contributed by atoms with Gasteiger partial charge in [-0.05, 0) is 56.2 Å². The van der Waals surface area contributed by atoms with E-state index in [1.165, 1.54) is 24.1 Å². The molecule has 8 heteroatoms. The van der Waals surface area contributed by atoms with Crippen LogP contribution in [0.1, 0.15) is 23.6 Å². The Morgan fingerprint density at radius 1 is 0.886 bits per heavy atom. The first-order valence-electron chi connectivity index (χ1n) is 11.3. The van der Waals surface area contributed by atoms with Crippen molar-refractivity contribution in [2.75, 3.05) is 17.9 Å². The molecule has 0 fully saturated rings. The van der Waals surface area contributed by atoms with Crippen molar-refractivity contribution in [1.82, 2.24) is 10.2 Å². The van der Waals surface area contributed by atoms with Gasteiger partial charge in [-0.3, -0.25) is 13.9 Å². The van der Waals surface area contributed by atoms with Crippen LogP contribution in [0.2, 0.25) is 0 Å². The molecule has 184 valence electrons. The SMILES string of the molecule is CNC(=O)C(C)N(Cc1ccccc1C)C(=O)CN(c1ccccc1)S(=O)(=O)c1ccc(C)cc1. The van der Waals surface area contributed by atoms with Crippen molar-refractivity contribution in [3.8, 4) is 0 Å². The highest BCUT2D eigenvalue weighted by Gasteiger charge is 2.32. The number of likely N-dealkylation sites (N-methyl/N-ethyl adjacent to an activating group) is 1. The van der Waals surface area contributed by atoms with Crippen LogP contribution < -0.4 is 9.62 Å². The Labute approximate surface area is 207 Å². The van der Waals surface area contributed by atoms with Crippen LogP contribution in [0.4, 0.5) is 5.69 Å². The second kappa shape index (κ2) is 11.2. The molecule has 1 N–H and O–H groups in total. The van der Waals surface area contributed by atoms with Gasteiger partial charge in [-0.2, -0.15) is 0 Å². The predicted molar refractivity (Wildman–Crippen MR) is 137 cm³/mol. The molecule has 3 rings (SSSR count). The molecule has 0 heterocycles. The average Bonchev–Trinajstić information content (AvgIpc) is 2.86. The molecule has 7 nitrogen and oxygen atoms in total. The zero-order valence-electron chi connectivity index (χ0n) is 20.4. The van der Waals surface area contributed by atoms with Crippen LogP contribution in [0, 0.1) is 13.8 Å². The zero-order valence-corrected chi connectivity index (χ0v) is 21.2. The van der Waals surface area contributed by atoms with E-state index in [2.05, 4.69) is 5.32 Å². The quantitative estimate of drug-likeness (QED) is 0.493. The van der Waals surface area contributed by atoms with Gasteiger partial charge in [0.1, 0.15) is 12.6 Å². The topological polar surface area (TPSA) is 86.8 Å². The molecule has 0 radical (unpaired) electrons. The lowest BCUT2D eigenvalue weighted by molar-refractivity contribution is -0.139. The number of para-hydroxylation sites is 1. The van der Waals surface area contributed by atoms with Crippen molar-refractivity contribution in [1.29, 1.82) is 0 Å². The number of carbonyl (C=O) groups is 2. The number of hydrogen-bond donors (Lipinski definition) is 1. The van der Waals surface area contributed by atoms with Gasteiger partial charge in [-0.1, -0.05) is 60.2 Å². The van der Waals surface area contributed by atoms with E-state index in [0.29, 0.717) is 5.69 Å². The molecule has 0 spiro atoms. The van der Waals surface area contributed by atoms with Crippen LogP contribution in [-0.2, 0) is 26.2 Å². The van der Waals surface area contributed by atoms with E-state index in [1.54, 1.807) is 49.4 Å². The first-order valence-corrected chi connectivity index (χ1v) is 12.8. The van der Waals surface area contributed by atoms with E-state index >= 15 is 0 Å². The lowest BCUT2D eigenvalue weighted by Crippen LogP contribution is -2.50. The van der Waals surface area contributed by atoms with Crippen molar-refractivity contribution in [3.05, 3.63) is 95.6 Å². The molecule has 0 saturated heterocycles. The molecule has 1 atom stereocenters. The van der Waals surface area contributed by atoms with Crippen molar-refractivity contribution < 1.29 is 18.0 Å². The Kier molecular flexibility index (Phi) is 8.30. The summed E-state index contributed by atoms with van der Waals surface area (Å²) in [6, 6.07) is 21.8. The largest absolute Gasteiger partial charge is 0.357 e. The van der Waals surface area contributed by atoms with Crippen molar-refractivity contribution >= 4 is 27.5 Å². The van der Waals surface area contributed by atoms with Crippen LogP contribution in [0.25, 0.3) is 0 Å². The summed E-state index contributed by atoms with van der Waals surface area (Å²) < 4.78 is 28.4. The molecule has 1 unspecified atom stereocenters. The minimum absolute atomic E-state index is 0.0876. The number of sulfonamides is 1. The van der Waals surface area contributed by atoms with Crippen LogP contribution in [0.5, 0.6) is 0 Å². The highest BCUT2D eigenvalue weighted by Crippen LogP contribution is 2.25. The fourth-order valence-corrected chi connectivity index (χ4v) is 5.14. The summed E-state index contributed by atoms with van der Waals surface area (Å²) in [4.78, 5) is 27.7. The fraction of sp³-hybridized carbons (Fsp3) is 0.259. The molecular weight excluding hydrogens is 462 g/mol. The Morgan fingerprint density at radius 2 is 1.49 bits per heavy atom. The first kappa shape index (κ1) is 26.0. The van der Waals surface area contributed by atoms with Crippen LogP contribution in [-0.4, -0.2) is 44.8 Å². The molecule has 3 aromatic carbocycles. The maximum absolute atomic E-state index is 13.7. The number of anilines is 1. The second-order valence-corrected chi connectivity index (χ2v) is 10.3. The summed E-state index contributed by atoms with van der Waals surface area (Å²) in [5, 5.41) is 2.58. The molecule has 0 aliphatic rings. The lowest BCUT2D eigenvalue weighted by atomic mass is 10.1. The number of benzene rings is 3. The number of hydrogen-bond acceptors (Lipinski definition) is 4. The van der Waals surface area contributed by atoms with Gasteiger partial charge in [-0.25, -0.2) is 8.42 Å². The maximum atomic E-state index is 13.7. The van der Waals surface area contributed by atoms with Gasteiger partial charge >= 0.3 is 0 Å². The molecular formula is C27H31N3O4S. The number of nitrogens with zero attached hydrogens (tertiary/aromatic N) is 2. The minimum atomic E-state index is -4.05. The van der Waals surface area contributed by atoms with E-state index in [-0.39, 0.29) is 17.3 Å². The Hall–Kier alpha value is -3.65.